The second-order valence-corrected chi connectivity index (χ2v) is 6.64. The molecule has 2 rings (SSSR count). The van der Waals surface area contributed by atoms with E-state index in [4.69, 9.17) is 5.73 Å². The molecule has 0 heterocycles. The van der Waals surface area contributed by atoms with E-state index in [9.17, 15) is 8.42 Å². The first-order valence-corrected chi connectivity index (χ1v) is 8.23. The first-order chi connectivity index (χ1) is 9.50. The minimum atomic E-state index is -3.46. The summed E-state index contributed by atoms with van der Waals surface area (Å²) in [6.07, 6.45) is 0.796. The molecule has 0 aromatic heterocycles. The quantitative estimate of drug-likeness (QED) is 0.862. The lowest BCUT2D eigenvalue weighted by molar-refractivity contribution is 0.427. The third-order valence-electron chi connectivity index (χ3n) is 3.31. The molecule has 0 saturated heterocycles. The van der Waals surface area contributed by atoms with Gasteiger partial charge in [-0.15, -0.1) is 0 Å². The Hall–Kier alpha value is -1.59. The van der Waals surface area contributed by atoms with Crippen LogP contribution in [0.5, 0.6) is 0 Å². The lowest BCUT2D eigenvalue weighted by atomic mass is 10.1. The lowest BCUT2D eigenvalue weighted by Gasteiger charge is -2.20. The van der Waals surface area contributed by atoms with Gasteiger partial charge < -0.3 is 5.73 Å². The Labute approximate surface area is 120 Å². The normalized spacial score (nSPS) is 12.2. The Kier molecular flexibility index (Phi) is 4.30. The number of nitrogens with zero attached hydrogens (tertiary/aromatic N) is 1. The van der Waals surface area contributed by atoms with E-state index in [1.807, 2.05) is 19.9 Å². The standard InChI is InChI=1S/C15H20N2O2S/c1-3-10-17(4-2)20(18,19)15-7-5-6-12-11-13(16)8-9-14(12)15/h5-9,11H,3-4,10,16H2,1-2H3. The van der Waals surface area contributed by atoms with Crippen molar-refractivity contribution in [2.45, 2.75) is 25.2 Å². The van der Waals surface area contributed by atoms with Crippen LogP contribution in [0.2, 0.25) is 0 Å². The van der Waals surface area contributed by atoms with Crippen molar-refractivity contribution in [2.75, 3.05) is 18.8 Å². The van der Waals surface area contributed by atoms with Crippen LogP contribution in [-0.4, -0.2) is 25.8 Å². The predicted octanol–water partition coefficient (Wildman–Crippen LogP) is 2.84. The monoisotopic (exact) mass is 292 g/mol. The number of nitrogen functional groups attached to an aromatic ring is 1. The van der Waals surface area contributed by atoms with Crippen LogP contribution >= 0.6 is 0 Å². The average molecular weight is 292 g/mol. The molecule has 108 valence electrons. The topological polar surface area (TPSA) is 63.4 Å². The summed E-state index contributed by atoms with van der Waals surface area (Å²) in [5.74, 6) is 0. The van der Waals surface area contributed by atoms with E-state index in [2.05, 4.69) is 0 Å². The number of hydrogen-bond donors (Lipinski definition) is 1. The van der Waals surface area contributed by atoms with Gasteiger partial charge in [0, 0.05) is 24.2 Å². The molecule has 0 amide bonds. The number of nitrogens with two attached hydrogens (primary N) is 1. The van der Waals surface area contributed by atoms with Crippen LogP contribution in [0, 0.1) is 0 Å². The molecule has 0 aliphatic heterocycles. The highest BCUT2D eigenvalue weighted by atomic mass is 32.2. The third-order valence-corrected chi connectivity index (χ3v) is 5.34. The zero-order valence-corrected chi connectivity index (χ0v) is 12.7. The number of hydrogen-bond acceptors (Lipinski definition) is 3. The van der Waals surface area contributed by atoms with Crippen molar-refractivity contribution in [3.8, 4) is 0 Å². The van der Waals surface area contributed by atoms with Gasteiger partial charge in [-0.2, -0.15) is 4.31 Å². The highest BCUT2D eigenvalue weighted by Crippen LogP contribution is 2.27. The Bertz CT molecular complexity index is 711. The molecule has 0 atom stereocenters. The van der Waals surface area contributed by atoms with Crippen molar-refractivity contribution in [2.24, 2.45) is 0 Å². The molecule has 5 heteroatoms. The van der Waals surface area contributed by atoms with Gasteiger partial charge in [0.2, 0.25) is 10.0 Å². The van der Waals surface area contributed by atoms with Crippen molar-refractivity contribution < 1.29 is 8.42 Å². The van der Waals surface area contributed by atoms with Gasteiger partial charge in [0.15, 0.2) is 0 Å². The second-order valence-electron chi connectivity index (χ2n) is 4.73. The van der Waals surface area contributed by atoms with E-state index >= 15 is 0 Å². The van der Waals surface area contributed by atoms with E-state index in [0.717, 1.165) is 17.2 Å². The first kappa shape index (κ1) is 14.8. The van der Waals surface area contributed by atoms with Gasteiger partial charge in [-0.3, -0.25) is 0 Å². The Morgan fingerprint density at radius 1 is 1.15 bits per heavy atom. The minimum Gasteiger partial charge on any atom is -0.399 e. The summed E-state index contributed by atoms with van der Waals surface area (Å²) >= 11 is 0. The van der Waals surface area contributed by atoms with Crippen LogP contribution in [0.25, 0.3) is 10.8 Å². The molecule has 2 aromatic carbocycles. The van der Waals surface area contributed by atoms with Crippen molar-refractivity contribution in [1.82, 2.24) is 4.31 Å². The highest BCUT2D eigenvalue weighted by Gasteiger charge is 2.24. The van der Waals surface area contributed by atoms with Gasteiger partial charge in [-0.1, -0.05) is 32.0 Å². The number of anilines is 1. The molecule has 0 aliphatic rings. The van der Waals surface area contributed by atoms with Gasteiger partial charge in [-0.05, 0) is 30.0 Å². The van der Waals surface area contributed by atoms with Gasteiger partial charge in [-0.25, -0.2) is 8.42 Å². The summed E-state index contributed by atoms with van der Waals surface area (Å²) in [5, 5.41) is 1.56. The van der Waals surface area contributed by atoms with E-state index in [1.165, 1.54) is 4.31 Å². The smallest absolute Gasteiger partial charge is 0.243 e. The molecule has 0 aliphatic carbocycles. The van der Waals surface area contributed by atoms with E-state index < -0.39 is 10.0 Å². The fourth-order valence-corrected chi connectivity index (χ4v) is 4.09. The number of rotatable bonds is 5. The second kappa shape index (κ2) is 5.81. The van der Waals surface area contributed by atoms with Crippen LogP contribution in [0.15, 0.2) is 41.3 Å². The van der Waals surface area contributed by atoms with Crippen LogP contribution in [-0.2, 0) is 10.0 Å². The minimum absolute atomic E-state index is 0.352. The maximum absolute atomic E-state index is 12.7. The van der Waals surface area contributed by atoms with E-state index in [1.54, 1.807) is 30.3 Å². The van der Waals surface area contributed by atoms with Gasteiger partial charge in [0.05, 0.1) is 4.90 Å². The van der Waals surface area contributed by atoms with Crippen molar-refractivity contribution >= 4 is 26.5 Å². The first-order valence-electron chi connectivity index (χ1n) is 6.79. The van der Waals surface area contributed by atoms with Crippen LogP contribution in [0.3, 0.4) is 0 Å². The molecule has 2 aromatic rings. The van der Waals surface area contributed by atoms with Crippen molar-refractivity contribution in [1.29, 1.82) is 0 Å². The van der Waals surface area contributed by atoms with E-state index in [-0.39, 0.29) is 0 Å². The highest BCUT2D eigenvalue weighted by molar-refractivity contribution is 7.89. The van der Waals surface area contributed by atoms with E-state index in [0.29, 0.717) is 23.7 Å². The zero-order chi connectivity index (χ0) is 14.8. The molecule has 4 nitrogen and oxygen atoms in total. The Morgan fingerprint density at radius 3 is 2.55 bits per heavy atom. The van der Waals surface area contributed by atoms with Crippen molar-refractivity contribution in [3.63, 3.8) is 0 Å². The lowest BCUT2D eigenvalue weighted by Crippen LogP contribution is -2.31. The van der Waals surface area contributed by atoms with Crippen LogP contribution in [0.4, 0.5) is 5.69 Å². The molecule has 0 fully saturated rings. The summed E-state index contributed by atoms with van der Waals surface area (Å²) in [5.41, 5.74) is 6.39. The molecule has 2 N–H and O–H groups in total. The number of fused-ring (bicyclic) bond motifs is 1. The molecular formula is C15H20N2O2S. The maximum Gasteiger partial charge on any atom is 0.243 e. The Morgan fingerprint density at radius 2 is 1.90 bits per heavy atom. The number of sulfonamides is 1. The SMILES string of the molecule is CCCN(CC)S(=O)(=O)c1cccc2cc(N)ccc12. The molecule has 0 unspecified atom stereocenters. The molecule has 0 spiro atoms. The molecule has 0 bridgehead atoms. The van der Waals surface area contributed by atoms with Gasteiger partial charge >= 0.3 is 0 Å². The summed E-state index contributed by atoms with van der Waals surface area (Å²) in [6.45, 7) is 4.84. The number of benzene rings is 2. The van der Waals surface area contributed by atoms with Gasteiger partial charge in [0.1, 0.15) is 0 Å². The summed E-state index contributed by atoms with van der Waals surface area (Å²) in [4.78, 5) is 0.352. The molecule has 0 saturated carbocycles. The van der Waals surface area contributed by atoms with Crippen molar-refractivity contribution in [3.05, 3.63) is 36.4 Å². The summed E-state index contributed by atoms with van der Waals surface area (Å²) < 4.78 is 27.0. The Balaban J connectivity index is 2.62. The summed E-state index contributed by atoms with van der Waals surface area (Å²) in [6, 6.07) is 10.6. The van der Waals surface area contributed by atoms with Gasteiger partial charge in [0.25, 0.3) is 0 Å². The molecular weight excluding hydrogens is 272 g/mol. The average Bonchev–Trinajstić information content (AvgIpc) is 2.43. The predicted molar refractivity (Wildman–Crippen MR) is 83.1 cm³/mol. The fraction of sp³-hybridized carbons (Fsp3) is 0.333. The molecule has 0 radical (unpaired) electrons. The summed E-state index contributed by atoms with van der Waals surface area (Å²) in [7, 11) is -3.46. The maximum atomic E-state index is 12.7. The van der Waals surface area contributed by atoms with Crippen LogP contribution < -0.4 is 5.73 Å². The third kappa shape index (κ3) is 2.64. The largest absolute Gasteiger partial charge is 0.399 e. The van der Waals surface area contributed by atoms with Crippen LogP contribution in [0.1, 0.15) is 20.3 Å². The fourth-order valence-electron chi connectivity index (χ4n) is 2.33. The molecule has 20 heavy (non-hydrogen) atoms. The zero-order valence-electron chi connectivity index (χ0n) is 11.8.